The number of benzene rings is 1. The summed E-state index contributed by atoms with van der Waals surface area (Å²) < 4.78 is 0. The first-order valence-electron chi connectivity index (χ1n) is 5.90. The molecule has 1 saturated heterocycles. The van der Waals surface area contributed by atoms with Crippen LogP contribution in [0.3, 0.4) is 0 Å². The molecule has 1 aromatic rings. The van der Waals surface area contributed by atoms with E-state index < -0.39 is 0 Å². The molecule has 3 heteroatoms. The summed E-state index contributed by atoms with van der Waals surface area (Å²) in [5, 5.41) is 0.734. The van der Waals surface area contributed by atoms with E-state index in [1.54, 1.807) is 0 Å². The van der Waals surface area contributed by atoms with E-state index >= 15 is 0 Å². The zero-order chi connectivity index (χ0) is 12.6. The van der Waals surface area contributed by atoms with E-state index in [1.807, 2.05) is 24.3 Å². The molecule has 0 radical (unpaired) electrons. The van der Waals surface area contributed by atoms with Crippen LogP contribution in [-0.4, -0.2) is 23.3 Å². The van der Waals surface area contributed by atoms with Crippen LogP contribution in [0.1, 0.15) is 38.3 Å². The Hall–Kier alpha value is -0.860. The topological polar surface area (TPSA) is 20.3 Å². The summed E-state index contributed by atoms with van der Waals surface area (Å²) >= 11 is 5.89. The maximum atomic E-state index is 11.8. The van der Waals surface area contributed by atoms with Crippen molar-refractivity contribution in [3.05, 3.63) is 34.9 Å². The number of hydrogen-bond donors (Lipinski definition) is 0. The van der Waals surface area contributed by atoms with Gasteiger partial charge in [0.2, 0.25) is 0 Å². The van der Waals surface area contributed by atoms with Gasteiger partial charge in [-0.3, -0.25) is 9.69 Å². The fourth-order valence-corrected chi connectivity index (χ4v) is 2.61. The first-order valence-corrected chi connectivity index (χ1v) is 6.28. The highest BCUT2D eigenvalue weighted by molar-refractivity contribution is 6.30. The zero-order valence-electron chi connectivity index (χ0n) is 10.5. The van der Waals surface area contributed by atoms with E-state index in [0.717, 1.165) is 10.6 Å². The Bertz CT molecular complexity index is 424. The summed E-state index contributed by atoms with van der Waals surface area (Å²) in [6.45, 7) is 4.24. The fraction of sp³-hybridized carbons (Fsp3) is 0.500. The Labute approximate surface area is 108 Å². The number of piperidine rings is 1. The summed E-state index contributed by atoms with van der Waals surface area (Å²) in [5.74, 6) is 0.341. The van der Waals surface area contributed by atoms with Gasteiger partial charge in [0.25, 0.3) is 0 Å². The second-order valence-corrected chi connectivity index (χ2v) is 5.85. The lowest BCUT2D eigenvalue weighted by Gasteiger charge is -2.45. The summed E-state index contributed by atoms with van der Waals surface area (Å²) in [4.78, 5) is 14.1. The van der Waals surface area contributed by atoms with Crippen LogP contribution in [-0.2, 0) is 4.79 Å². The van der Waals surface area contributed by atoms with Gasteiger partial charge in [0.1, 0.15) is 5.78 Å². The minimum atomic E-state index is -0.0698. The maximum absolute atomic E-state index is 11.8. The van der Waals surface area contributed by atoms with Gasteiger partial charge < -0.3 is 0 Å². The molecular formula is C14H18ClNO. The van der Waals surface area contributed by atoms with Crippen LogP contribution >= 0.6 is 11.6 Å². The molecule has 0 bridgehead atoms. The lowest BCUT2D eigenvalue weighted by atomic mass is 9.83. The van der Waals surface area contributed by atoms with Gasteiger partial charge >= 0.3 is 0 Å². The molecule has 92 valence electrons. The van der Waals surface area contributed by atoms with Crippen molar-refractivity contribution in [3.63, 3.8) is 0 Å². The molecule has 0 spiro atoms. The van der Waals surface area contributed by atoms with Gasteiger partial charge in [-0.1, -0.05) is 23.7 Å². The molecule has 1 atom stereocenters. The first kappa shape index (κ1) is 12.6. The number of carbonyl (C=O) groups is 1. The predicted octanol–water partition coefficient (Wildman–Crippen LogP) is 3.45. The average molecular weight is 252 g/mol. The molecule has 2 nitrogen and oxygen atoms in total. The van der Waals surface area contributed by atoms with E-state index in [-0.39, 0.29) is 11.6 Å². The van der Waals surface area contributed by atoms with Crippen LogP contribution < -0.4 is 0 Å². The lowest BCUT2D eigenvalue weighted by molar-refractivity contribution is -0.127. The number of ketones is 1. The molecule has 1 aliphatic rings. The predicted molar refractivity (Wildman–Crippen MR) is 70.3 cm³/mol. The van der Waals surface area contributed by atoms with Crippen LogP contribution in [0, 0.1) is 0 Å². The van der Waals surface area contributed by atoms with Gasteiger partial charge in [-0.2, -0.15) is 0 Å². The average Bonchev–Trinajstić information content (AvgIpc) is 2.24. The molecule has 0 saturated carbocycles. The summed E-state index contributed by atoms with van der Waals surface area (Å²) in [7, 11) is 2.09. The number of likely N-dealkylation sites (tertiary alicyclic amines) is 1. The van der Waals surface area contributed by atoms with Crippen LogP contribution in [0.15, 0.2) is 24.3 Å². The molecule has 1 aromatic carbocycles. The zero-order valence-corrected chi connectivity index (χ0v) is 11.3. The number of halogens is 1. The normalized spacial score (nSPS) is 24.9. The standard InChI is InChI=1S/C14H18ClNO/c1-14(2)9-12(17)8-13(16(14)3)10-4-6-11(15)7-5-10/h4-7,13H,8-9H2,1-3H3. The van der Waals surface area contributed by atoms with Crippen molar-refractivity contribution in [1.82, 2.24) is 4.90 Å². The molecule has 1 unspecified atom stereocenters. The minimum absolute atomic E-state index is 0.0698. The molecule has 1 heterocycles. The Morgan fingerprint density at radius 3 is 2.47 bits per heavy atom. The van der Waals surface area contributed by atoms with Gasteiger partial charge in [0.15, 0.2) is 0 Å². The molecule has 0 N–H and O–H groups in total. The van der Waals surface area contributed by atoms with E-state index in [1.165, 1.54) is 0 Å². The van der Waals surface area contributed by atoms with Gasteiger partial charge in [-0.15, -0.1) is 0 Å². The Balaban J connectivity index is 2.31. The Morgan fingerprint density at radius 1 is 1.29 bits per heavy atom. The second kappa shape index (κ2) is 4.43. The SMILES string of the molecule is CN1C(c2ccc(Cl)cc2)CC(=O)CC1(C)C. The number of Topliss-reactive ketones (excluding diaryl/α,β-unsaturated/α-hetero) is 1. The van der Waals surface area contributed by atoms with Crippen LogP contribution in [0.5, 0.6) is 0 Å². The van der Waals surface area contributed by atoms with E-state index in [2.05, 4.69) is 25.8 Å². The Kier molecular flexibility index (Phi) is 3.28. The highest BCUT2D eigenvalue weighted by atomic mass is 35.5. The Morgan fingerprint density at radius 2 is 1.88 bits per heavy atom. The number of carbonyl (C=O) groups excluding carboxylic acids is 1. The van der Waals surface area contributed by atoms with Crippen molar-refractivity contribution < 1.29 is 4.79 Å². The third-order valence-corrected chi connectivity index (χ3v) is 3.98. The molecule has 1 fully saturated rings. The largest absolute Gasteiger partial charge is 0.300 e. The molecule has 0 amide bonds. The lowest BCUT2D eigenvalue weighted by Crippen LogP contribution is -2.49. The van der Waals surface area contributed by atoms with E-state index in [0.29, 0.717) is 18.6 Å². The first-order chi connectivity index (χ1) is 7.90. The number of rotatable bonds is 1. The number of hydrogen-bond acceptors (Lipinski definition) is 2. The molecule has 2 rings (SSSR count). The summed E-state index contributed by atoms with van der Waals surface area (Å²) in [6.07, 6.45) is 1.23. The van der Waals surface area contributed by atoms with Crippen LogP contribution in [0.25, 0.3) is 0 Å². The summed E-state index contributed by atoms with van der Waals surface area (Å²) in [5.41, 5.74) is 1.10. The molecule has 0 aromatic heterocycles. The third kappa shape index (κ3) is 2.53. The van der Waals surface area contributed by atoms with Gasteiger partial charge in [0, 0.05) is 29.4 Å². The van der Waals surface area contributed by atoms with E-state index in [9.17, 15) is 4.79 Å². The van der Waals surface area contributed by atoms with Crippen LogP contribution in [0.4, 0.5) is 0 Å². The maximum Gasteiger partial charge on any atom is 0.136 e. The van der Waals surface area contributed by atoms with Crippen molar-refractivity contribution in [1.29, 1.82) is 0 Å². The van der Waals surface area contributed by atoms with Crippen molar-refractivity contribution in [2.45, 2.75) is 38.3 Å². The summed E-state index contributed by atoms with van der Waals surface area (Å²) in [6, 6.07) is 7.97. The van der Waals surface area contributed by atoms with Crippen LogP contribution in [0.2, 0.25) is 5.02 Å². The quantitative estimate of drug-likeness (QED) is 0.762. The second-order valence-electron chi connectivity index (χ2n) is 5.41. The van der Waals surface area contributed by atoms with E-state index in [4.69, 9.17) is 11.6 Å². The smallest absolute Gasteiger partial charge is 0.136 e. The minimum Gasteiger partial charge on any atom is -0.300 e. The molecule has 1 aliphatic heterocycles. The van der Waals surface area contributed by atoms with Crippen molar-refractivity contribution in [2.24, 2.45) is 0 Å². The van der Waals surface area contributed by atoms with Gasteiger partial charge in [-0.25, -0.2) is 0 Å². The highest BCUT2D eigenvalue weighted by Crippen LogP contribution is 2.37. The van der Waals surface area contributed by atoms with Crippen molar-refractivity contribution in [3.8, 4) is 0 Å². The fourth-order valence-electron chi connectivity index (χ4n) is 2.48. The van der Waals surface area contributed by atoms with Gasteiger partial charge in [0.05, 0.1) is 0 Å². The monoisotopic (exact) mass is 251 g/mol. The van der Waals surface area contributed by atoms with Crippen molar-refractivity contribution in [2.75, 3.05) is 7.05 Å². The highest BCUT2D eigenvalue weighted by Gasteiger charge is 2.38. The molecule has 0 aliphatic carbocycles. The van der Waals surface area contributed by atoms with Crippen molar-refractivity contribution >= 4 is 17.4 Å². The number of nitrogens with zero attached hydrogens (tertiary/aromatic N) is 1. The van der Waals surface area contributed by atoms with Gasteiger partial charge in [-0.05, 0) is 38.6 Å². The molecular weight excluding hydrogens is 234 g/mol. The third-order valence-electron chi connectivity index (χ3n) is 3.73. The molecule has 17 heavy (non-hydrogen) atoms.